The van der Waals surface area contributed by atoms with Crippen molar-refractivity contribution in [3.05, 3.63) is 4.88 Å². The number of carbonyl (C=O) groups is 1. The summed E-state index contributed by atoms with van der Waals surface area (Å²) < 4.78 is 24.5. The van der Waals surface area contributed by atoms with Gasteiger partial charge < -0.3 is 11.1 Å². The van der Waals surface area contributed by atoms with Crippen molar-refractivity contribution < 1.29 is 13.2 Å². The van der Waals surface area contributed by atoms with Crippen LogP contribution < -0.4 is 11.1 Å². The number of thiophene rings is 1. The number of unbranched alkanes of at least 4 members (excludes halogenated alkanes) is 2. The summed E-state index contributed by atoms with van der Waals surface area (Å²) in [5, 5.41) is 3.64. The molecular weight excluding hydrogens is 308 g/mol. The second kappa shape index (κ2) is 7.79. The third kappa shape index (κ3) is 4.20. The van der Waals surface area contributed by atoms with Crippen LogP contribution in [0.2, 0.25) is 0 Å². The number of hydrogen-bond donors (Lipinski definition) is 2. The Morgan fingerprint density at radius 2 is 1.90 bits per heavy atom. The molecule has 1 heterocycles. The van der Waals surface area contributed by atoms with Gasteiger partial charge in [0, 0.05) is 13.0 Å². The van der Waals surface area contributed by atoms with Crippen molar-refractivity contribution in [2.75, 3.05) is 23.3 Å². The maximum Gasteiger partial charge on any atom is 0.183 e. The molecule has 21 heavy (non-hydrogen) atoms. The van der Waals surface area contributed by atoms with Crippen LogP contribution in [0.1, 0.15) is 56.1 Å². The number of ketones is 1. The van der Waals surface area contributed by atoms with Crippen LogP contribution in [-0.4, -0.2) is 26.5 Å². The number of carbonyl (C=O) groups excluding carboxylic acids is 1. The molecule has 1 aromatic heterocycles. The summed E-state index contributed by atoms with van der Waals surface area (Å²) in [6, 6.07) is 0. The highest BCUT2D eigenvalue weighted by Crippen LogP contribution is 2.40. The van der Waals surface area contributed by atoms with Crippen molar-refractivity contribution in [1.29, 1.82) is 0 Å². The first kappa shape index (κ1) is 18.0. The molecule has 7 heteroatoms. The summed E-state index contributed by atoms with van der Waals surface area (Å²) in [4.78, 5) is 12.3. The lowest BCUT2D eigenvalue weighted by Crippen LogP contribution is -2.10. The Bertz CT molecular complexity index is 592. The molecule has 0 fully saturated rings. The normalized spacial score (nSPS) is 11.6. The molecule has 120 valence electrons. The lowest BCUT2D eigenvalue weighted by atomic mass is 10.2. The standard InChI is InChI=1S/C14H24N2O3S2/c1-4-7-8-9-16-14-13(21(18,19)6-3)11(15)12(20-14)10(17)5-2/h16H,4-9,15H2,1-3H3. The summed E-state index contributed by atoms with van der Waals surface area (Å²) in [7, 11) is -3.45. The van der Waals surface area contributed by atoms with Crippen molar-refractivity contribution in [2.24, 2.45) is 0 Å². The van der Waals surface area contributed by atoms with Gasteiger partial charge in [-0.3, -0.25) is 4.79 Å². The molecule has 0 saturated heterocycles. The molecular formula is C14H24N2O3S2. The predicted octanol–water partition coefficient (Wildman–Crippen LogP) is 3.32. The van der Waals surface area contributed by atoms with Gasteiger partial charge in [0.15, 0.2) is 15.6 Å². The fraction of sp³-hybridized carbons (Fsp3) is 0.643. The maximum atomic E-state index is 12.2. The topological polar surface area (TPSA) is 89.3 Å². The van der Waals surface area contributed by atoms with Gasteiger partial charge in [-0.2, -0.15) is 0 Å². The van der Waals surface area contributed by atoms with Crippen molar-refractivity contribution >= 4 is 37.6 Å². The minimum absolute atomic E-state index is 0.0304. The molecule has 0 unspecified atom stereocenters. The minimum atomic E-state index is -3.45. The minimum Gasteiger partial charge on any atom is -0.396 e. The smallest absolute Gasteiger partial charge is 0.183 e. The van der Waals surface area contributed by atoms with Crippen LogP contribution in [0.3, 0.4) is 0 Å². The molecule has 0 aliphatic carbocycles. The fourth-order valence-corrected chi connectivity index (χ4v) is 4.65. The van der Waals surface area contributed by atoms with Crippen LogP contribution in [0.15, 0.2) is 4.90 Å². The molecule has 3 N–H and O–H groups in total. The lowest BCUT2D eigenvalue weighted by Gasteiger charge is -2.07. The predicted molar refractivity (Wildman–Crippen MR) is 89.1 cm³/mol. The van der Waals surface area contributed by atoms with Gasteiger partial charge in [0.2, 0.25) is 0 Å². The molecule has 0 radical (unpaired) electrons. The first-order chi connectivity index (χ1) is 9.88. The third-order valence-corrected chi connectivity index (χ3v) is 6.37. The van der Waals surface area contributed by atoms with Crippen molar-refractivity contribution in [1.82, 2.24) is 0 Å². The van der Waals surface area contributed by atoms with Crippen LogP contribution >= 0.6 is 11.3 Å². The molecule has 0 spiro atoms. The van der Waals surface area contributed by atoms with Gasteiger partial charge in [-0.15, -0.1) is 11.3 Å². The largest absolute Gasteiger partial charge is 0.396 e. The Labute approximate surface area is 130 Å². The van der Waals surface area contributed by atoms with E-state index in [1.54, 1.807) is 13.8 Å². The second-order valence-corrected chi connectivity index (χ2v) is 8.05. The zero-order chi connectivity index (χ0) is 16.0. The van der Waals surface area contributed by atoms with Crippen LogP contribution in [0.5, 0.6) is 0 Å². The van der Waals surface area contributed by atoms with E-state index < -0.39 is 9.84 Å². The van der Waals surface area contributed by atoms with Gasteiger partial charge in [0.25, 0.3) is 0 Å². The second-order valence-electron chi connectivity index (χ2n) is 4.82. The van der Waals surface area contributed by atoms with Gasteiger partial charge in [-0.1, -0.05) is 33.6 Å². The third-order valence-electron chi connectivity index (χ3n) is 3.23. The number of sulfone groups is 1. The number of nitrogens with one attached hydrogen (secondary N) is 1. The SMILES string of the molecule is CCCCCNc1sc(C(=O)CC)c(N)c1S(=O)(=O)CC. The Morgan fingerprint density at radius 3 is 2.43 bits per heavy atom. The summed E-state index contributed by atoms with van der Waals surface area (Å²) in [5.41, 5.74) is 6.05. The first-order valence-corrected chi connectivity index (χ1v) is 9.77. The van der Waals surface area contributed by atoms with E-state index in [2.05, 4.69) is 12.2 Å². The van der Waals surface area contributed by atoms with E-state index in [4.69, 9.17) is 5.73 Å². The highest BCUT2D eigenvalue weighted by molar-refractivity contribution is 7.91. The Morgan fingerprint density at radius 1 is 1.24 bits per heavy atom. The molecule has 0 aliphatic rings. The average Bonchev–Trinajstić information content (AvgIpc) is 2.80. The summed E-state index contributed by atoms with van der Waals surface area (Å²) in [5.74, 6) is -0.149. The number of anilines is 2. The molecule has 0 aromatic carbocycles. The number of nitrogen functional groups attached to an aromatic ring is 1. The van der Waals surface area contributed by atoms with E-state index in [0.717, 1.165) is 30.6 Å². The average molecular weight is 332 g/mol. The van der Waals surface area contributed by atoms with Gasteiger partial charge in [0.1, 0.15) is 9.90 Å². The molecule has 0 bridgehead atoms. The van der Waals surface area contributed by atoms with E-state index in [9.17, 15) is 13.2 Å². The maximum absolute atomic E-state index is 12.2. The zero-order valence-corrected chi connectivity index (χ0v) is 14.5. The van der Waals surface area contributed by atoms with Crippen molar-refractivity contribution in [3.63, 3.8) is 0 Å². The Hall–Kier alpha value is -1.08. The van der Waals surface area contributed by atoms with E-state index in [1.165, 1.54) is 0 Å². The number of nitrogens with two attached hydrogens (primary N) is 1. The summed E-state index contributed by atoms with van der Waals surface area (Å²) >= 11 is 1.15. The summed E-state index contributed by atoms with van der Waals surface area (Å²) in [6.45, 7) is 6.10. The first-order valence-electron chi connectivity index (χ1n) is 7.31. The molecule has 0 aliphatic heterocycles. The van der Waals surface area contributed by atoms with Gasteiger partial charge in [0.05, 0.1) is 16.3 Å². The number of Topliss-reactive ketones (excluding diaryl/α,β-unsaturated/α-hetero) is 1. The van der Waals surface area contributed by atoms with Crippen LogP contribution in [0.4, 0.5) is 10.7 Å². The molecule has 5 nitrogen and oxygen atoms in total. The van der Waals surface area contributed by atoms with E-state index >= 15 is 0 Å². The van der Waals surface area contributed by atoms with E-state index in [0.29, 0.717) is 22.8 Å². The highest BCUT2D eigenvalue weighted by Gasteiger charge is 2.27. The Balaban J connectivity index is 3.18. The fourth-order valence-electron chi connectivity index (χ4n) is 1.94. The zero-order valence-electron chi connectivity index (χ0n) is 12.9. The molecule has 0 saturated carbocycles. The monoisotopic (exact) mass is 332 g/mol. The molecule has 1 rings (SSSR count). The van der Waals surface area contributed by atoms with Crippen LogP contribution in [0.25, 0.3) is 0 Å². The molecule has 0 amide bonds. The van der Waals surface area contributed by atoms with Crippen molar-refractivity contribution in [2.45, 2.75) is 51.3 Å². The van der Waals surface area contributed by atoms with Gasteiger partial charge in [-0.25, -0.2) is 8.42 Å². The van der Waals surface area contributed by atoms with Crippen LogP contribution in [-0.2, 0) is 9.84 Å². The Kier molecular flexibility index (Phi) is 6.67. The lowest BCUT2D eigenvalue weighted by molar-refractivity contribution is 0.0992. The van der Waals surface area contributed by atoms with Crippen LogP contribution in [0, 0.1) is 0 Å². The summed E-state index contributed by atoms with van der Waals surface area (Å²) in [6.07, 6.45) is 3.43. The number of hydrogen-bond acceptors (Lipinski definition) is 6. The molecule has 1 aromatic rings. The quantitative estimate of drug-likeness (QED) is 0.535. The highest BCUT2D eigenvalue weighted by atomic mass is 32.2. The van der Waals surface area contributed by atoms with E-state index in [-0.39, 0.29) is 22.1 Å². The van der Waals surface area contributed by atoms with Gasteiger partial charge >= 0.3 is 0 Å². The van der Waals surface area contributed by atoms with Gasteiger partial charge in [-0.05, 0) is 6.42 Å². The van der Waals surface area contributed by atoms with E-state index in [1.807, 2.05) is 0 Å². The van der Waals surface area contributed by atoms with Crippen molar-refractivity contribution in [3.8, 4) is 0 Å². The molecule has 0 atom stereocenters. The number of rotatable bonds is 9.